The van der Waals surface area contributed by atoms with E-state index >= 15 is 0 Å². The second-order valence-electron chi connectivity index (χ2n) is 2.69. The predicted octanol–water partition coefficient (Wildman–Crippen LogP) is 2.43. The number of hydrogen-bond donors (Lipinski definition) is 1. The fourth-order valence-corrected chi connectivity index (χ4v) is 1.48. The Balaban J connectivity index is 3.49. The summed E-state index contributed by atoms with van der Waals surface area (Å²) in [7, 11) is 0. The van der Waals surface area contributed by atoms with Crippen molar-refractivity contribution in [3.63, 3.8) is 0 Å². The molecule has 0 saturated carbocycles. The number of halogens is 1. The molecule has 1 aromatic rings. The highest BCUT2D eigenvalue weighted by molar-refractivity contribution is 14.1. The molecule has 0 aliphatic carbocycles. The molecule has 0 aromatic heterocycles. The number of carbonyl (C=O) groups excluding carboxylic acids is 1. The lowest BCUT2D eigenvalue weighted by Crippen LogP contribution is -1.92. The molecule has 0 heterocycles. The van der Waals surface area contributed by atoms with Crippen molar-refractivity contribution >= 4 is 28.9 Å². The minimum Gasteiger partial charge on any atom is -0.507 e. The maximum atomic E-state index is 10.5. The van der Waals surface area contributed by atoms with Gasteiger partial charge in [0, 0.05) is 9.13 Å². The summed E-state index contributed by atoms with van der Waals surface area (Å²) in [4.78, 5) is 10.5. The standard InChI is InChI=1S/C9H9IO2/c1-5-3-7(4-11)9(12)6(2)8(5)10/h3-4,12H,1-2H3. The number of aromatic hydroxyl groups is 1. The maximum absolute atomic E-state index is 10.5. The van der Waals surface area contributed by atoms with Gasteiger partial charge in [-0.3, -0.25) is 4.79 Å². The van der Waals surface area contributed by atoms with Crippen molar-refractivity contribution < 1.29 is 9.90 Å². The van der Waals surface area contributed by atoms with E-state index in [-0.39, 0.29) is 5.75 Å². The molecule has 0 amide bonds. The van der Waals surface area contributed by atoms with Gasteiger partial charge in [-0.2, -0.15) is 0 Å². The van der Waals surface area contributed by atoms with Crippen LogP contribution in [0.15, 0.2) is 6.07 Å². The van der Waals surface area contributed by atoms with E-state index in [2.05, 4.69) is 22.6 Å². The summed E-state index contributed by atoms with van der Waals surface area (Å²) in [5.41, 5.74) is 2.16. The van der Waals surface area contributed by atoms with Crippen molar-refractivity contribution in [3.05, 3.63) is 26.3 Å². The highest BCUT2D eigenvalue weighted by Crippen LogP contribution is 2.27. The Labute approximate surface area is 84.7 Å². The lowest BCUT2D eigenvalue weighted by molar-refractivity contribution is 0.112. The van der Waals surface area contributed by atoms with Crippen molar-refractivity contribution in [1.82, 2.24) is 0 Å². The first-order chi connectivity index (χ1) is 5.57. The fourth-order valence-electron chi connectivity index (χ4n) is 1.07. The van der Waals surface area contributed by atoms with Crippen molar-refractivity contribution in [3.8, 4) is 5.75 Å². The van der Waals surface area contributed by atoms with E-state index in [4.69, 9.17) is 0 Å². The second kappa shape index (κ2) is 3.43. The van der Waals surface area contributed by atoms with Crippen LogP contribution in [-0.4, -0.2) is 11.4 Å². The van der Waals surface area contributed by atoms with Crippen LogP contribution < -0.4 is 0 Å². The van der Waals surface area contributed by atoms with E-state index < -0.39 is 0 Å². The molecule has 0 aliphatic rings. The van der Waals surface area contributed by atoms with Crippen LogP contribution in [0.4, 0.5) is 0 Å². The molecular weight excluding hydrogens is 267 g/mol. The molecule has 0 bridgehead atoms. The Morgan fingerprint density at radius 3 is 2.58 bits per heavy atom. The molecule has 0 aliphatic heterocycles. The molecule has 1 N–H and O–H groups in total. The Morgan fingerprint density at radius 2 is 2.08 bits per heavy atom. The second-order valence-corrected chi connectivity index (χ2v) is 3.77. The topological polar surface area (TPSA) is 37.3 Å². The van der Waals surface area contributed by atoms with Gasteiger partial charge in [0.05, 0.1) is 5.56 Å². The third-order valence-corrected chi connectivity index (χ3v) is 3.46. The third kappa shape index (κ3) is 1.46. The molecule has 0 spiro atoms. The van der Waals surface area contributed by atoms with Gasteiger partial charge in [-0.05, 0) is 48.1 Å². The number of carbonyl (C=O) groups is 1. The Hall–Kier alpha value is -0.580. The summed E-state index contributed by atoms with van der Waals surface area (Å²) >= 11 is 2.15. The number of hydrogen-bond acceptors (Lipinski definition) is 2. The van der Waals surface area contributed by atoms with Crippen LogP contribution in [-0.2, 0) is 0 Å². The van der Waals surface area contributed by atoms with E-state index in [1.807, 2.05) is 6.92 Å². The number of aldehydes is 1. The summed E-state index contributed by atoms with van der Waals surface area (Å²) in [6, 6.07) is 1.69. The maximum Gasteiger partial charge on any atom is 0.153 e. The van der Waals surface area contributed by atoms with Gasteiger partial charge >= 0.3 is 0 Å². The predicted molar refractivity (Wildman–Crippen MR) is 55.7 cm³/mol. The molecule has 64 valence electrons. The van der Waals surface area contributed by atoms with Gasteiger partial charge in [0.2, 0.25) is 0 Å². The van der Waals surface area contributed by atoms with Crippen molar-refractivity contribution in [1.29, 1.82) is 0 Å². The summed E-state index contributed by atoms with van der Waals surface area (Å²) in [6.07, 6.45) is 0.672. The van der Waals surface area contributed by atoms with Crippen molar-refractivity contribution in [2.75, 3.05) is 0 Å². The molecule has 12 heavy (non-hydrogen) atoms. The Kier molecular flexibility index (Phi) is 2.72. The molecule has 0 atom stereocenters. The Morgan fingerprint density at radius 1 is 1.50 bits per heavy atom. The minimum absolute atomic E-state index is 0.0972. The summed E-state index contributed by atoms with van der Waals surface area (Å²) < 4.78 is 1.01. The van der Waals surface area contributed by atoms with Crippen LogP contribution in [0.25, 0.3) is 0 Å². The summed E-state index contributed by atoms with van der Waals surface area (Å²) in [5.74, 6) is 0.0972. The minimum atomic E-state index is 0.0972. The average Bonchev–Trinajstić information content (AvgIpc) is 2.08. The monoisotopic (exact) mass is 276 g/mol. The molecule has 2 nitrogen and oxygen atoms in total. The number of phenolic OH excluding ortho intramolecular Hbond substituents is 1. The fraction of sp³-hybridized carbons (Fsp3) is 0.222. The molecule has 0 saturated heterocycles. The molecule has 0 fully saturated rings. The van der Waals surface area contributed by atoms with Gasteiger partial charge in [0.1, 0.15) is 5.75 Å². The first kappa shape index (κ1) is 9.51. The van der Waals surface area contributed by atoms with Crippen LogP contribution in [0.1, 0.15) is 21.5 Å². The van der Waals surface area contributed by atoms with Crippen molar-refractivity contribution in [2.45, 2.75) is 13.8 Å². The lowest BCUT2D eigenvalue weighted by Gasteiger charge is -2.07. The number of benzene rings is 1. The highest BCUT2D eigenvalue weighted by atomic mass is 127. The van der Waals surface area contributed by atoms with Crippen LogP contribution >= 0.6 is 22.6 Å². The summed E-state index contributed by atoms with van der Waals surface area (Å²) in [6.45, 7) is 3.72. The van der Waals surface area contributed by atoms with Gasteiger partial charge in [-0.25, -0.2) is 0 Å². The number of rotatable bonds is 1. The van der Waals surface area contributed by atoms with Gasteiger partial charge < -0.3 is 5.11 Å². The van der Waals surface area contributed by atoms with E-state index in [0.717, 1.165) is 14.7 Å². The first-order valence-electron chi connectivity index (χ1n) is 3.51. The normalized spacial score (nSPS) is 9.92. The van der Waals surface area contributed by atoms with Crippen LogP contribution in [0.5, 0.6) is 5.75 Å². The molecule has 1 aromatic carbocycles. The van der Waals surface area contributed by atoms with Crippen LogP contribution in [0.3, 0.4) is 0 Å². The average molecular weight is 276 g/mol. The van der Waals surface area contributed by atoms with Gasteiger partial charge in [0.15, 0.2) is 6.29 Å². The Bertz CT molecular complexity index is 332. The molecule has 0 unspecified atom stereocenters. The zero-order chi connectivity index (χ0) is 9.30. The largest absolute Gasteiger partial charge is 0.507 e. The zero-order valence-corrected chi connectivity index (χ0v) is 9.05. The van der Waals surface area contributed by atoms with Crippen LogP contribution in [0.2, 0.25) is 0 Å². The zero-order valence-electron chi connectivity index (χ0n) is 6.89. The molecule has 0 radical (unpaired) electrons. The third-order valence-electron chi connectivity index (χ3n) is 1.80. The molecule has 1 rings (SSSR count). The van der Waals surface area contributed by atoms with Gasteiger partial charge in [-0.1, -0.05) is 0 Å². The lowest BCUT2D eigenvalue weighted by atomic mass is 10.1. The van der Waals surface area contributed by atoms with Gasteiger partial charge in [0.25, 0.3) is 0 Å². The molecule has 3 heteroatoms. The smallest absolute Gasteiger partial charge is 0.153 e. The SMILES string of the molecule is Cc1cc(C=O)c(O)c(C)c1I. The van der Waals surface area contributed by atoms with E-state index in [0.29, 0.717) is 11.8 Å². The first-order valence-corrected chi connectivity index (χ1v) is 4.59. The van der Waals surface area contributed by atoms with E-state index in [9.17, 15) is 9.90 Å². The van der Waals surface area contributed by atoms with Crippen molar-refractivity contribution in [2.24, 2.45) is 0 Å². The molecular formula is C9H9IO2. The van der Waals surface area contributed by atoms with E-state index in [1.54, 1.807) is 13.0 Å². The summed E-state index contributed by atoms with van der Waals surface area (Å²) in [5, 5.41) is 9.47. The van der Waals surface area contributed by atoms with E-state index in [1.165, 1.54) is 0 Å². The quantitative estimate of drug-likeness (QED) is 0.631. The van der Waals surface area contributed by atoms with Crippen LogP contribution in [0, 0.1) is 17.4 Å². The highest BCUT2D eigenvalue weighted by Gasteiger charge is 2.08. The number of aryl methyl sites for hydroxylation is 1. The number of phenols is 1. The van der Waals surface area contributed by atoms with Gasteiger partial charge in [-0.15, -0.1) is 0 Å².